The van der Waals surface area contributed by atoms with Crippen LogP contribution in [0.1, 0.15) is 5.56 Å². The Bertz CT molecular complexity index is 545. The number of ether oxygens (including phenoxy) is 1. The molecule has 0 radical (unpaired) electrons. The standard InChI is InChI=1S/C12H10BrN3O/c13-11-8-15-16(9-11)5-6-17-12-4-2-1-3-10(12)7-14/h1-4,8-9H,5-6H2. The van der Waals surface area contributed by atoms with Crippen LogP contribution in [-0.4, -0.2) is 16.4 Å². The first kappa shape index (κ1) is 11.7. The van der Waals surface area contributed by atoms with Crippen molar-refractivity contribution in [2.45, 2.75) is 6.54 Å². The van der Waals surface area contributed by atoms with E-state index in [0.29, 0.717) is 24.5 Å². The van der Waals surface area contributed by atoms with Crippen molar-refractivity contribution in [3.05, 3.63) is 46.7 Å². The fourth-order valence-electron chi connectivity index (χ4n) is 1.39. The maximum absolute atomic E-state index is 8.88. The molecule has 2 aromatic rings. The van der Waals surface area contributed by atoms with Crippen LogP contribution in [0.5, 0.6) is 5.75 Å². The first-order valence-corrected chi connectivity index (χ1v) is 5.89. The number of hydrogen-bond donors (Lipinski definition) is 0. The minimum absolute atomic E-state index is 0.479. The topological polar surface area (TPSA) is 50.8 Å². The summed E-state index contributed by atoms with van der Waals surface area (Å²) in [4.78, 5) is 0. The average Bonchev–Trinajstić information content (AvgIpc) is 2.76. The molecule has 1 aromatic heterocycles. The molecule has 0 atom stereocenters. The first-order chi connectivity index (χ1) is 8.29. The molecule has 0 amide bonds. The molecule has 0 saturated carbocycles. The summed E-state index contributed by atoms with van der Waals surface area (Å²) >= 11 is 3.32. The van der Waals surface area contributed by atoms with Gasteiger partial charge in [-0.15, -0.1) is 0 Å². The van der Waals surface area contributed by atoms with E-state index in [2.05, 4.69) is 27.1 Å². The van der Waals surface area contributed by atoms with Crippen LogP contribution in [0.4, 0.5) is 0 Å². The monoisotopic (exact) mass is 291 g/mol. The largest absolute Gasteiger partial charge is 0.490 e. The number of nitrogens with zero attached hydrogens (tertiary/aromatic N) is 3. The van der Waals surface area contributed by atoms with Crippen LogP contribution in [0.2, 0.25) is 0 Å². The predicted octanol–water partition coefficient (Wildman–Crippen LogP) is 2.60. The maximum Gasteiger partial charge on any atom is 0.137 e. The van der Waals surface area contributed by atoms with Crippen molar-refractivity contribution >= 4 is 15.9 Å². The third-order valence-corrected chi connectivity index (χ3v) is 2.60. The molecule has 86 valence electrons. The number of hydrogen-bond acceptors (Lipinski definition) is 3. The lowest BCUT2D eigenvalue weighted by Gasteiger charge is -2.07. The molecule has 0 spiro atoms. The lowest BCUT2D eigenvalue weighted by molar-refractivity contribution is 0.290. The molecule has 4 nitrogen and oxygen atoms in total. The van der Waals surface area contributed by atoms with E-state index in [9.17, 15) is 0 Å². The number of benzene rings is 1. The Labute approximate surface area is 108 Å². The van der Waals surface area contributed by atoms with Gasteiger partial charge < -0.3 is 4.74 Å². The average molecular weight is 292 g/mol. The summed E-state index contributed by atoms with van der Waals surface area (Å²) in [5, 5.41) is 13.0. The second-order valence-corrected chi connectivity index (χ2v) is 4.29. The SMILES string of the molecule is N#Cc1ccccc1OCCn1cc(Br)cn1. The zero-order chi connectivity index (χ0) is 12.1. The van der Waals surface area contributed by atoms with Crippen molar-refractivity contribution in [3.63, 3.8) is 0 Å². The molecule has 2 rings (SSSR count). The van der Waals surface area contributed by atoms with E-state index in [4.69, 9.17) is 10.00 Å². The Balaban J connectivity index is 1.92. The molecule has 0 aliphatic rings. The Morgan fingerprint density at radius 3 is 2.94 bits per heavy atom. The Kier molecular flexibility index (Phi) is 3.78. The molecule has 5 heteroatoms. The van der Waals surface area contributed by atoms with E-state index in [1.54, 1.807) is 23.0 Å². The molecular weight excluding hydrogens is 282 g/mol. The lowest BCUT2D eigenvalue weighted by atomic mass is 10.2. The number of nitriles is 1. The van der Waals surface area contributed by atoms with E-state index in [-0.39, 0.29) is 0 Å². The Hall–Kier alpha value is -1.80. The van der Waals surface area contributed by atoms with Crippen LogP contribution >= 0.6 is 15.9 Å². The molecule has 0 unspecified atom stereocenters. The number of rotatable bonds is 4. The highest BCUT2D eigenvalue weighted by Gasteiger charge is 2.01. The van der Waals surface area contributed by atoms with Gasteiger partial charge in [0.05, 0.1) is 22.8 Å². The summed E-state index contributed by atoms with van der Waals surface area (Å²) in [6, 6.07) is 9.28. The first-order valence-electron chi connectivity index (χ1n) is 5.09. The third-order valence-electron chi connectivity index (χ3n) is 2.19. The van der Waals surface area contributed by atoms with Crippen molar-refractivity contribution in [2.75, 3.05) is 6.61 Å². The van der Waals surface area contributed by atoms with Crippen LogP contribution in [0.15, 0.2) is 41.1 Å². The van der Waals surface area contributed by atoms with Crippen molar-refractivity contribution in [2.24, 2.45) is 0 Å². The fraction of sp³-hybridized carbons (Fsp3) is 0.167. The van der Waals surface area contributed by atoms with Gasteiger partial charge in [-0.3, -0.25) is 4.68 Å². The molecule has 0 bridgehead atoms. The fourth-order valence-corrected chi connectivity index (χ4v) is 1.72. The van der Waals surface area contributed by atoms with Crippen molar-refractivity contribution < 1.29 is 4.74 Å². The van der Waals surface area contributed by atoms with Gasteiger partial charge in [0.15, 0.2) is 0 Å². The molecule has 0 fully saturated rings. The van der Waals surface area contributed by atoms with Gasteiger partial charge in [0.1, 0.15) is 18.4 Å². The third kappa shape index (κ3) is 3.08. The van der Waals surface area contributed by atoms with Gasteiger partial charge in [-0.25, -0.2) is 0 Å². The van der Waals surface area contributed by atoms with E-state index in [1.807, 2.05) is 18.3 Å². The lowest BCUT2D eigenvalue weighted by Crippen LogP contribution is -2.08. The van der Waals surface area contributed by atoms with Crippen LogP contribution in [0.25, 0.3) is 0 Å². The van der Waals surface area contributed by atoms with Gasteiger partial charge in [0.25, 0.3) is 0 Å². The summed E-state index contributed by atoms with van der Waals surface area (Å²) in [5.41, 5.74) is 0.550. The van der Waals surface area contributed by atoms with Crippen LogP contribution < -0.4 is 4.74 Å². The molecule has 0 N–H and O–H groups in total. The number of aromatic nitrogens is 2. The van der Waals surface area contributed by atoms with E-state index in [1.165, 1.54) is 0 Å². The van der Waals surface area contributed by atoms with E-state index >= 15 is 0 Å². The molecule has 1 aromatic carbocycles. The molecule has 0 saturated heterocycles. The van der Waals surface area contributed by atoms with Gasteiger partial charge >= 0.3 is 0 Å². The highest BCUT2D eigenvalue weighted by atomic mass is 79.9. The van der Waals surface area contributed by atoms with Gasteiger partial charge in [0, 0.05) is 6.20 Å². The molecule has 0 aliphatic heterocycles. The van der Waals surface area contributed by atoms with E-state index < -0.39 is 0 Å². The predicted molar refractivity (Wildman–Crippen MR) is 66.6 cm³/mol. The normalized spacial score (nSPS) is 9.88. The minimum Gasteiger partial charge on any atom is -0.490 e. The second kappa shape index (κ2) is 5.51. The van der Waals surface area contributed by atoms with Gasteiger partial charge in [-0.1, -0.05) is 12.1 Å². The quantitative estimate of drug-likeness (QED) is 0.870. The molecule has 17 heavy (non-hydrogen) atoms. The summed E-state index contributed by atoms with van der Waals surface area (Å²) in [5.74, 6) is 0.612. The second-order valence-electron chi connectivity index (χ2n) is 3.38. The summed E-state index contributed by atoms with van der Waals surface area (Å²) < 4.78 is 8.26. The van der Waals surface area contributed by atoms with Crippen molar-refractivity contribution in [3.8, 4) is 11.8 Å². The van der Waals surface area contributed by atoms with E-state index in [0.717, 1.165) is 4.47 Å². The van der Waals surface area contributed by atoms with Crippen LogP contribution in [0.3, 0.4) is 0 Å². The summed E-state index contributed by atoms with van der Waals surface area (Å²) in [6.07, 6.45) is 3.60. The zero-order valence-electron chi connectivity index (χ0n) is 9.01. The Morgan fingerprint density at radius 2 is 2.24 bits per heavy atom. The van der Waals surface area contributed by atoms with Crippen molar-refractivity contribution in [1.29, 1.82) is 5.26 Å². The van der Waals surface area contributed by atoms with Gasteiger partial charge in [-0.05, 0) is 28.1 Å². The highest BCUT2D eigenvalue weighted by Crippen LogP contribution is 2.16. The van der Waals surface area contributed by atoms with Gasteiger partial charge in [0.2, 0.25) is 0 Å². The maximum atomic E-state index is 8.88. The van der Waals surface area contributed by atoms with Crippen molar-refractivity contribution in [1.82, 2.24) is 9.78 Å². The molecule has 0 aliphatic carbocycles. The summed E-state index contributed by atoms with van der Waals surface area (Å²) in [6.45, 7) is 1.12. The zero-order valence-corrected chi connectivity index (χ0v) is 10.6. The van der Waals surface area contributed by atoms with Gasteiger partial charge in [-0.2, -0.15) is 10.4 Å². The van der Waals surface area contributed by atoms with Crippen LogP contribution in [0, 0.1) is 11.3 Å². The molecular formula is C12H10BrN3O. The highest BCUT2D eigenvalue weighted by molar-refractivity contribution is 9.10. The number of halogens is 1. The minimum atomic E-state index is 0.479. The number of para-hydroxylation sites is 1. The van der Waals surface area contributed by atoms with Crippen LogP contribution in [-0.2, 0) is 6.54 Å². The Morgan fingerprint density at radius 1 is 1.41 bits per heavy atom. The smallest absolute Gasteiger partial charge is 0.137 e. The summed E-state index contributed by atoms with van der Waals surface area (Å²) in [7, 11) is 0. The molecule has 1 heterocycles.